The molecular weight excluding hydrogens is 164 g/mol. The normalized spacial score (nSPS) is 10.0. The monoisotopic (exact) mass is 172 g/mol. The number of aliphatic imine (C=N–C) groups is 1. The van der Waals surface area contributed by atoms with Crippen LogP contribution in [0.5, 0.6) is 0 Å². The number of carbonyl (C=O) groups is 1. The maximum absolute atomic E-state index is 10.5. The predicted octanol–water partition coefficient (Wildman–Crippen LogP) is 1.46. The summed E-state index contributed by atoms with van der Waals surface area (Å²) in [6, 6.07) is -0.341. The number of nitrogens with zero attached hydrogens (tertiary/aromatic N) is 4. The van der Waals surface area contributed by atoms with Crippen LogP contribution in [0.3, 0.4) is 0 Å². The number of azide groups is 1. The molecule has 0 aliphatic rings. The number of hydrogen-bond acceptors (Lipinski definition) is 3. The Hall–Kier alpha value is -1.75. The summed E-state index contributed by atoms with van der Waals surface area (Å²) < 4.78 is 8.87. The predicted molar refractivity (Wildman–Crippen MR) is 40.6 cm³/mol. The lowest BCUT2D eigenvalue weighted by molar-refractivity contribution is 0.181. The Morgan fingerprint density at radius 1 is 1.67 bits per heavy atom. The molecule has 12 heavy (non-hydrogen) atoms. The van der Waals surface area contributed by atoms with Crippen LogP contribution in [-0.2, 0) is 9.47 Å². The molecule has 0 unspecified atom stereocenters. The molecule has 0 aliphatic heterocycles. The Bertz CT molecular complexity index is 231. The second-order valence-electron chi connectivity index (χ2n) is 1.49. The van der Waals surface area contributed by atoms with E-state index in [0.29, 0.717) is 0 Å². The Morgan fingerprint density at radius 2 is 2.33 bits per heavy atom. The van der Waals surface area contributed by atoms with Gasteiger partial charge in [-0.2, -0.15) is 0 Å². The van der Waals surface area contributed by atoms with Crippen molar-refractivity contribution in [3.05, 3.63) is 10.4 Å². The molecule has 7 heteroatoms. The van der Waals surface area contributed by atoms with Crippen molar-refractivity contribution in [3.8, 4) is 0 Å². The number of rotatable bonds is 1. The van der Waals surface area contributed by atoms with Gasteiger partial charge in [-0.15, -0.1) is 4.99 Å². The van der Waals surface area contributed by atoms with Crippen LogP contribution < -0.4 is 0 Å². The van der Waals surface area contributed by atoms with Crippen molar-refractivity contribution in [2.24, 2.45) is 10.1 Å². The molecule has 0 aliphatic carbocycles. The van der Waals surface area contributed by atoms with Gasteiger partial charge in [-0.1, -0.05) is 0 Å². The lowest BCUT2D eigenvalue weighted by atomic mass is 10.9. The van der Waals surface area contributed by atoms with Gasteiger partial charge in [0.15, 0.2) is 0 Å². The minimum Gasteiger partial charge on any atom is -0.476 e. The molecule has 7 nitrogen and oxygen atoms in total. The minimum absolute atomic E-state index is 0.259. The molecule has 0 spiro atoms. The average Bonchev–Trinajstić information content (AvgIpc) is 2.05. The highest BCUT2D eigenvalue weighted by Crippen LogP contribution is 1.89. The van der Waals surface area contributed by atoms with Crippen molar-refractivity contribution >= 4 is 12.1 Å². The van der Waals surface area contributed by atoms with Gasteiger partial charge in [0.05, 0.1) is 13.7 Å². The van der Waals surface area contributed by atoms with Crippen LogP contribution >= 0.6 is 0 Å². The highest BCUT2D eigenvalue weighted by molar-refractivity contribution is 5.86. The summed E-state index contributed by atoms with van der Waals surface area (Å²) >= 11 is 0. The highest BCUT2D eigenvalue weighted by Gasteiger charge is 2.00. The maximum Gasteiger partial charge on any atom is 0.436 e. The molecule has 0 N–H and O–H groups in total. The van der Waals surface area contributed by atoms with E-state index in [4.69, 9.17) is 5.53 Å². The first-order chi connectivity index (χ1) is 5.74. The number of ether oxygens (including phenoxy) is 2. The van der Waals surface area contributed by atoms with Gasteiger partial charge in [-0.05, 0) is 17.6 Å². The summed E-state index contributed by atoms with van der Waals surface area (Å²) in [5, 5.41) is 3.01. The van der Waals surface area contributed by atoms with Gasteiger partial charge in [0.2, 0.25) is 0 Å². The number of amides is 1. The van der Waals surface area contributed by atoms with E-state index < -0.39 is 6.09 Å². The van der Waals surface area contributed by atoms with Gasteiger partial charge in [-0.3, -0.25) is 0 Å². The molecule has 0 fully saturated rings. The summed E-state index contributed by atoms with van der Waals surface area (Å²) in [6.45, 7) is 1.93. The van der Waals surface area contributed by atoms with E-state index in [1.165, 1.54) is 0 Å². The van der Waals surface area contributed by atoms with E-state index in [1.54, 1.807) is 6.92 Å². The quantitative estimate of drug-likeness (QED) is 0.197. The molecule has 0 radical (unpaired) electrons. The Morgan fingerprint density at radius 3 is 2.75 bits per heavy atom. The Labute approximate surface area is 68.6 Å². The fourth-order valence-electron chi connectivity index (χ4n) is 0.375. The zero-order valence-electron chi connectivity index (χ0n) is 6.72. The molecule has 1 amide bonds. The standard InChI is InChI=1S/C5H8N4O3/c1-3-12-4(8-9-6)7-5(10)11-2/h3H2,1-2H3/b7-4+. The first-order valence-corrected chi connectivity index (χ1v) is 3.09. The van der Waals surface area contributed by atoms with Crippen LogP contribution in [0.25, 0.3) is 10.4 Å². The summed E-state index contributed by atoms with van der Waals surface area (Å²) in [4.78, 5) is 16.1. The van der Waals surface area contributed by atoms with Crippen molar-refractivity contribution in [2.45, 2.75) is 6.92 Å². The molecule has 0 aromatic heterocycles. The van der Waals surface area contributed by atoms with Gasteiger partial charge in [0.25, 0.3) is 6.02 Å². The Kier molecular flexibility index (Phi) is 5.12. The average molecular weight is 172 g/mol. The fourth-order valence-corrected chi connectivity index (χ4v) is 0.375. The van der Waals surface area contributed by atoms with E-state index >= 15 is 0 Å². The van der Waals surface area contributed by atoms with Gasteiger partial charge in [0.1, 0.15) is 0 Å². The van der Waals surface area contributed by atoms with E-state index in [1.807, 2.05) is 0 Å². The van der Waals surface area contributed by atoms with Crippen LogP contribution in [0, 0.1) is 0 Å². The molecule has 0 aromatic rings. The number of amidine groups is 1. The van der Waals surface area contributed by atoms with E-state index in [0.717, 1.165) is 7.11 Å². The minimum atomic E-state index is -0.870. The number of methoxy groups -OCH3 is 1. The molecule has 0 atom stereocenters. The number of carbonyl (C=O) groups excluding carboxylic acids is 1. The molecule has 0 aromatic carbocycles. The molecule has 0 rings (SSSR count). The van der Waals surface area contributed by atoms with Crippen molar-refractivity contribution in [1.82, 2.24) is 0 Å². The van der Waals surface area contributed by atoms with Crippen molar-refractivity contribution in [1.29, 1.82) is 0 Å². The van der Waals surface area contributed by atoms with Crippen molar-refractivity contribution in [2.75, 3.05) is 13.7 Å². The third-order valence-electron chi connectivity index (χ3n) is 0.765. The molecule has 0 heterocycles. The summed E-state index contributed by atoms with van der Waals surface area (Å²) in [5.74, 6) is 0. The molecular formula is C5H8N4O3. The van der Waals surface area contributed by atoms with E-state index in [-0.39, 0.29) is 12.6 Å². The van der Waals surface area contributed by atoms with Crippen molar-refractivity contribution in [3.63, 3.8) is 0 Å². The lowest BCUT2D eigenvalue weighted by Gasteiger charge is -1.98. The second kappa shape index (κ2) is 5.99. The van der Waals surface area contributed by atoms with Crippen LogP contribution in [-0.4, -0.2) is 25.8 Å². The highest BCUT2D eigenvalue weighted by atomic mass is 16.5. The largest absolute Gasteiger partial charge is 0.476 e. The molecule has 0 saturated heterocycles. The third kappa shape index (κ3) is 4.13. The van der Waals surface area contributed by atoms with Crippen molar-refractivity contribution < 1.29 is 14.3 Å². The summed E-state index contributed by atoms with van der Waals surface area (Å²) in [7, 11) is 1.16. The van der Waals surface area contributed by atoms with E-state index in [9.17, 15) is 4.79 Å². The van der Waals surface area contributed by atoms with Crippen LogP contribution in [0.2, 0.25) is 0 Å². The van der Waals surface area contributed by atoms with Crippen LogP contribution in [0.4, 0.5) is 4.79 Å². The molecule has 0 saturated carbocycles. The third-order valence-corrected chi connectivity index (χ3v) is 0.765. The second-order valence-corrected chi connectivity index (χ2v) is 1.49. The summed E-state index contributed by atoms with van der Waals surface area (Å²) in [6.07, 6.45) is -0.870. The SMILES string of the molecule is CCO/C(N=[N+]=[N-])=N/C(=O)OC. The fraction of sp³-hybridized carbons (Fsp3) is 0.600. The first-order valence-electron chi connectivity index (χ1n) is 3.09. The van der Waals surface area contributed by atoms with Crippen LogP contribution in [0.1, 0.15) is 6.92 Å². The van der Waals surface area contributed by atoms with Gasteiger partial charge in [0, 0.05) is 4.91 Å². The molecule has 0 bridgehead atoms. The van der Waals surface area contributed by atoms with Gasteiger partial charge < -0.3 is 9.47 Å². The zero-order valence-corrected chi connectivity index (χ0v) is 6.72. The van der Waals surface area contributed by atoms with E-state index in [2.05, 4.69) is 24.5 Å². The van der Waals surface area contributed by atoms with Gasteiger partial charge in [-0.25, -0.2) is 4.79 Å². The smallest absolute Gasteiger partial charge is 0.436 e. The zero-order chi connectivity index (χ0) is 9.40. The lowest BCUT2D eigenvalue weighted by Crippen LogP contribution is -2.04. The van der Waals surface area contributed by atoms with Crippen LogP contribution in [0.15, 0.2) is 10.1 Å². The van der Waals surface area contributed by atoms with Gasteiger partial charge >= 0.3 is 6.09 Å². The summed E-state index contributed by atoms with van der Waals surface area (Å²) in [5.41, 5.74) is 7.99. The number of hydrogen-bond donors (Lipinski definition) is 0. The topological polar surface area (TPSA) is 96.6 Å². The Balaban J connectivity index is 4.36. The first kappa shape index (κ1) is 10.2. The molecule has 66 valence electrons. The maximum atomic E-state index is 10.5.